The van der Waals surface area contributed by atoms with Crippen LogP contribution in [0.3, 0.4) is 0 Å². The van der Waals surface area contributed by atoms with Gasteiger partial charge in [-0.1, -0.05) is 54.6 Å². The largest absolute Gasteiger partial charge is 0.481 e. The van der Waals surface area contributed by atoms with Gasteiger partial charge in [-0.05, 0) is 59.0 Å². The van der Waals surface area contributed by atoms with Gasteiger partial charge in [-0.3, -0.25) is 19.4 Å². The molecule has 7 nitrogen and oxygen atoms in total. The van der Waals surface area contributed by atoms with Crippen molar-refractivity contribution in [2.75, 3.05) is 13.1 Å². The number of nitrogens with one attached hydrogen (secondary N) is 1. The Balaban J connectivity index is 1.60. The molecule has 0 fully saturated rings. The van der Waals surface area contributed by atoms with Crippen LogP contribution in [-0.4, -0.2) is 45.9 Å². The molecule has 2 amide bonds. The summed E-state index contributed by atoms with van der Waals surface area (Å²) in [4.78, 5) is 43.9. The maximum atomic E-state index is 13.8. The first-order chi connectivity index (χ1) is 18.9. The molecule has 2 N–H and O–H groups in total. The Labute approximate surface area is 225 Å². The van der Waals surface area contributed by atoms with Crippen LogP contribution in [0.25, 0.3) is 11.1 Å². The zero-order valence-corrected chi connectivity index (χ0v) is 21.2. The van der Waals surface area contributed by atoms with Gasteiger partial charge in [0.25, 0.3) is 11.8 Å². The van der Waals surface area contributed by atoms with Gasteiger partial charge in [0.05, 0.1) is 6.42 Å². The Morgan fingerprint density at radius 1 is 0.821 bits per heavy atom. The van der Waals surface area contributed by atoms with Crippen LogP contribution in [0.15, 0.2) is 97.3 Å². The molecule has 3 aromatic carbocycles. The van der Waals surface area contributed by atoms with Crippen molar-refractivity contribution in [3.63, 3.8) is 0 Å². The molecular weight excluding hydrogens is 497 g/mol. The molecule has 0 radical (unpaired) electrons. The van der Waals surface area contributed by atoms with E-state index in [1.165, 1.54) is 17.0 Å². The number of pyridine rings is 1. The van der Waals surface area contributed by atoms with Crippen LogP contribution in [0.4, 0.5) is 4.39 Å². The summed E-state index contributed by atoms with van der Waals surface area (Å²) in [7, 11) is 0. The van der Waals surface area contributed by atoms with E-state index in [1.54, 1.807) is 73.1 Å². The van der Waals surface area contributed by atoms with Crippen LogP contribution in [0, 0.1) is 5.82 Å². The van der Waals surface area contributed by atoms with Crippen molar-refractivity contribution in [1.29, 1.82) is 0 Å². The van der Waals surface area contributed by atoms with Gasteiger partial charge in [0, 0.05) is 43.2 Å². The predicted octanol–water partition coefficient (Wildman–Crippen LogP) is 4.98. The standard InChI is InChI=1S/C31H28FN3O4/c32-24-9-5-7-23(19-24)21-34-30(38)27-12-3-1-10-25(27)26-11-2-4-13-28(26)31(39)35(18-15-29(36)37)17-14-22-8-6-16-33-20-22/h1-13,16,19-20H,14-15,17-18,21H2,(H,34,38)(H,36,37). The van der Waals surface area contributed by atoms with Crippen LogP contribution in [0.1, 0.15) is 38.3 Å². The van der Waals surface area contributed by atoms with Crippen LogP contribution in [0.2, 0.25) is 0 Å². The van der Waals surface area contributed by atoms with Crippen molar-refractivity contribution in [3.8, 4) is 11.1 Å². The quantitative estimate of drug-likeness (QED) is 0.288. The molecule has 198 valence electrons. The fourth-order valence-corrected chi connectivity index (χ4v) is 4.27. The Morgan fingerprint density at radius 2 is 1.51 bits per heavy atom. The number of carboxylic acid groups (broad SMARTS) is 1. The topological polar surface area (TPSA) is 99.6 Å². The second kappa shape index (κ2) is 13.1. The van der Waals surface area contributed by atoms with Crippen molar-refractivity contribution in [2.24, 2.45) is 0 Å². The highest BCUT2D eigenvalue weighted by Gasteiger charge is 2.22. The Hall–Kier alpha value is -4.85. The van der Waals surface area contributed by atoms with Crippen LogP contribution < -0.4 is 5.32 Å². The second-order valence-electron chi connectivity index (χ2n) is 8.95. The first-order valence-electron chi connectivity index (χ1n) is 12.5. The van der Waals surface area contributed by atoms with E-state index in [-0.39, 0.29) is 37.1 Å². The van der Waals surface area contributed by atoms with Gasteiger partial charge in [0.1, 0.15) is 5.82 Å². The van der Waals surface area contributed by atoms with Crippen LogP contribution >= 0.6 is 0 Å². The number of carbonyl (C=O) groups is 3. The lowest BCUT2D eigenvalue weighted by molar-refractivity contribution is -0.137. The molecule has 1 heterocycles. The van der Waals surface area contributed by atoms with Gasteiger partial charge >= 0.3 is 5.97 Å². The number of hydrogen-bond donors (Lipinski definition) is 2. The molecule has 4 rings (SSSR count). The Kier molecular flexibility index (Phi) is 9.13. The van der Waals surface area contributed by atoms with Gasteiger partial charge in [0.2, 0.25) is 0 Å². The number of aromatic nitrogens is 1. The van der Waals surface area contributed by atoms with Gasteiger partial charge in [0.15, 0.2) is 0 Å². The van der Waals surface area contributed by atoms with Gasteiger partial charge < -0.3 is 15.3 Å². The third-order valence-electron chi connectivity index (χ3n) is 6.24. The minimum atomic E-state index is -0.997. The smallest absolute Gasteiger partial charge is 0.305 e. The summed E-state index contributed by atoms with van der Waals surface area (Å²) in [6.07, 6.45) is 3.70. The molecule has 0 atom stereocenters. The van der Waals surface area contributed by atoms with Crippen LogP contribution in [-0.2, 0) is 17.8 Å². The zero-order chi connectivity index (χ0) is 27.6. The number of hydrogen-bond acceptors (Lipinski definition) is 4. The summed E-state index contributed by atoms with van der Waals surface area (Å²) in [5.74, 6) is -2.07. The Morgan fingerprint density at radius 3 is 2.21 bits per heavy atom. The second-order valence-corrected chi connectivity index (χ2v) is 8.95. The van der Waals surface area contributed by atoms with E-state index in [9.17, 15) is 23.9 Å². The number of carboxylic acids is 1. The predicted molar refractivity (Wildman–Crippen MR) is 146 cm³/mol. The molecule has 1 aromatic heterocycles. The monoisotopic (exact) mass is 525 g/mol. The molecule has 0 spiro atoms. The third kappa shape index (κ3) is 7.35. The third-order valence-corrected chi connectivity index (χ3v) is 6.24. The molecule has 4 aromatic rings. The number of halogens is 1. The van der Waals surface area contributed by atoms with Crippen LogP contribution in [0.5, 0.6) is 0 Å². The van der Waals surface area contributed by atoms with Crippen molar-refractivity contribution < 1.29 is 23.9 Å². The lowest BCUT2D eigenvalue weighted by Gasteiger charge is -2.24. The van der Waals surface area contributed by atoms with E-state index in [2.05, 4.69) is 10.3 Å². The number of aliphatic carboxylic acids is 1. The average molecular weight is 526 g/mol. The molecule has 39 heavy (non-hydrogen) atoms. The van der Waals surface area contributed by atoms with E-state index < -0.39 is 5.97 Å². The normalized spacial score (nSPS) is 10.6. The SMILES string of the molecule is O=C(O)CCN(CCc1cccnc1)C(=O)c1ccccc1-c1ccccc1C(=O)NCc1cccc(F)c1. The molecule has 0 unspecified atom stereocenters. The summed E-state index contributed by atoms with van der Waals surface area (Å²) < 4.78 is 13.6. The van der Waals surface area contributed by atoms with E-state index in [0.717, 1.165) is 5.56 Å². The highest BCUT2D eigenvalue weighted by molar-refractivity contribution is 6.06. The number of carbonyl (C=O) groups excluding carboxylic acids is 2. The maximum Gasteiger partial charge on any atom is 0.305 e. The summed E-state index contributed by atoms with van der Waals surface area (Å²) in [6, 6.07) is 23.6. The molecule has 0 saturated carbocycles. The fourth-order valence-electron chi connectivity index (χ4n) is 4.27. The maximum absolute atomic E-state index is 13.8. The van der Waals surface area contributed by atoms with Crippen molar-refractivity contribution in [1.82, 2.24) is 15.2 Å². The molecule has 0 bridgehead atoms. The molecule has 0 saturated heterocycles. The molecular formula is C31H28FN3O4. The summed E-state index contributed by atoms with van der Waals surface area (Å²) in [5.41, 5.74) is 3.39. The number of benzene rings is 3. The lowest BCUT2D eigenvalue weighted by atomic mass is 9.94. The van der Waals surface area contributed by atoms with E-state index in [0.29, 0.717) is 40.8 Å². The molecule has 0 aliphatic heterocycles. The van der Waals surface area contributed by atoms with E-state index in [4.69, 9.17) is 0 Å². The average Bonchev–Trinajstić information content (AvgIpc) is 2.96. The minimum Gasteiger partial charge on any atom is -0.481 e. The summed E-state index contributed by atoms with van der Waals surface area (Å²) in [6.45, 7) is 0.489. The van der Waals surface area contributed by atoms with Gasteiger partial charge in [-0.2, -0.15) is 0 Å². The van der Waals surface area contributed by atoms with E-state index >= 15 is 0 Å². The van der Waals surface area contributed by atoms with Crippen molar-refractivity contribution in [3.05, 3.63) is 125 Å². The zero-order valence-electron chi connectivity index (χ0n) is 21.2. The molecule has 0 aliphatic carbocycles. The minimum absolute atomic E-state index is 0.0402. The van der Waals surface area contributed by atoms with Gasteiger partial charge in [-0.15, -0.1) is 0 Å². The first-order valence-corrected chi connectivity index (χ1v) is 12.5. The lowest BCUT2D eigenvalue weighted by Crippen LogP contribution is -2.35. The number of nitrogens with zero attached hydrogens (tertiary/aromatic N) is 2. The molecule has 8 heteroatoms. The molecule has 0 aliphatic rings. The Bertz CT molecular complexity index is 1460. The summed E-state index contributed by atoms with van der Waals surface area (Å²) >= 11 is 0. The highest BCUT2D eigenvalue weighted by atomic mass is 19.1. The summed E-state index contributed by atoms with van der Waals surface area (Å²) in [5, 5.41) is 12.1. The number of amides is 2. The first kappa shape index (κ1) is 27.2. The van der Waals surface area contributed by atoms with Crippen molar-refractivity contribution >= 4 is 17.8 Å². The van der Waals surface area contributed by atoms with Crippen molar-refractivity contribution in [2.45, 2.75) is 19.4 Å². The van der Waals surface area contributed by atoms with Gasteiger partial charge in [-0.25, -0.2) is 4.39 Å². The number of rotatable bonds is 11. The highest BCUT2D eigenvalue weighted by Crippen LogP contribution is 2.28. The fraction of sp³-hybridized carbons (Fsp3) is 0.161. The van der Waals surface area contributed by atoms with E-state index in [1.807, 2.05) is 12.1 Å².